The third kappa shape index (κ3) is 3.54. The third-order valence-electron chi connectivity index (χ3n) is 9.19. The van der Waals surface area contributed by atoms with Crippen molar-refractivity contribution in [1.82, 2.24) is 9.80 Å². The van der Waals surface area contributed by atoms with Crippen LogP contribution in [0, 0.1) is 11.8 Å². The molecule has 4 aliphatic rings. The van der Waals surface area contributed by atoms with Gasteiger partial charge in [-0.2, -0.15) is 0 Å². The molecule has 5 rings (SSSR count). The van der Waals surface area contributed by atoms with Crippen molar-refractivity contribution >= 4 is 17.5 Å². The molecule has 3 aliphatic carbocycles. The highest BCUT2D eigenvalue weighted by atomic mass is 16.3. The van der Waals surface area contributed by atoms with Crippen molar-refractivity contribution in [3.63, 3.8) is 0 Å². The molecule has 1 aromatic carbocycles. The highest BCUT2D eigenvalue weighted by molar-refractivity contribution is 6.24. The number of likely N-dealkylation sites (N-methyl/N-ethyl adjacent to an activating group) is 1. The second kappa shape index (κ2) is 8.93. The Hall–Kier alpha value is -3.21. The monoisotopic (exact) mass is 525 g/mol. The average Bonchev–Trinajstić information content (AvgIpc) is 3.14. The second-order valence-electron chi connectivity index (χ2n) is 11.5. The number of phenolic OH excluding ortho intramolecular Hbond substituents is 1. The van der Waals surface area contributed by atoms with Crippen LogP contribution in [0.25, 0.3) is 0 Å². The van der Waals surface area contributed by atoms with Gasteiger partial charge >= 0.3 is 0 Å². The van der Waals surface area contributed by atoms with Gasteiger partial charge in [-0.15, -0.1) is 0 Å². The van der Waals surface area contributed by atoms with Crippen molar-refractivity contribution in [1.29, 1.82) is 0 Å². The van der Waals surface area contributed by atoms with Gasteiger partial charge in [0, 0.05) is 30.1 Å². The predicted molar refractivity (Wildman–Crippen MR) is 137 cm³/mol. The predicted octanol–water partition coefficient (Wildman–Crippen LogP) is 1.49. The van der Waals surface area contributed by atoms with Crippen molar-refractivity contribution in [3.05, 3.63) is 51.5 Å². The van der Waals surface area contributed by atoms with Crippen molar-refractivity contribution in [2.45, 2.75) is 69.8 Å². The van der Waals surface area contributed by atoms with Gasteiger partial charge in [0.25, 0.3) is 5.91 Å². The van der Waals surface area contributed by atoms with Crippen LogP contribution in [0.4, 0.5) is 0 Å². The average molecular weight is 526 g/mol. The summed E-state index contributed by atoms with van der Waals surface area (Å²) in [4.78, 5) is 43.2. The number of ketones is 2. The van der Waals surface area contributed by atoms with Crippen LogP contribution in [0.2, 0.25) is 0 Å². The molecule has 1 aromatic rings. The van der Waals surface area contributed by atoms with Crippen molar-refractivity contribution in [2.24, 2.45) is 17.6 Å². The van der Waals surface area contributed by atoms with E-state index in [1.807, 2.05) is 6.07 Å². The number of aliphatic hydroxyl groups is 3. The first-order chi connectivity index (χ1) is 17.8. The zero-order chi connectivity index (χ0) is 27.8. The third-order valence-corrected chi connectivity index (χ3v) is 9.19. The zero-order valence-electron chi connectivity index (χ0n) is 22.1. The molecule has 38 heavy (non-hydrogen) atoms. The molecule has 1 heterocycles. The van der Waals surface area contributed by atoms with Crippen LogP contribution in [0.15, 0.2) is 34.8 Å². The van der Waals surface area contributed by atoms with Gasteiger partial charge in [-0.05, 0) is 76.7 Å². The quantitative estimate of drug-likeness (QED) is 0.366. The first-order valence-corrected chi connectivity index (χ1v) is 13.0. The van der Waals surface area contributed by atoms with Crippen LogP contribution in [0.3, 0.4) is 0 Å². The molecular formula is C28H35N3O7. The zero-order valence-corrected chi connectivity index (χ0v) is 22.1. The number of hydrogen-bond donors (Lipinski definition) is 5. The second-order valence-corrected chi connectivity index (χ2v) is 11.5. The minimum atomic E-state index is -2.63. The number of likely N-dealkylation sites (tertiary alicyclic amines) is 1. The first-order valence-electron chi connectivity index (χ1n) is 13.0. The summed E-state index contributed by atoms with van der Waals surface area (Å²) in [5, 5.41) is 44.7. The summed E-state index contributed by atoms with van der Waals surface area (Å²) < 4.78 is 0. The van der Waals surface area contributed by atoms with E-state index >= 15 is 0 Å². The summed E-state index contributed by atoms with van der Waals surface area (Å²) in [6.07, 6.45) is 2.54. The summed E-state index contributed by atoms with van der Waals surface area (Å²) in [5.74, 6) is -6.39. The number of carbonyl (C=O) groups is 3. The number of benzene rings is 1. The number of nitrogens with zero attached hydrogens (tertiary/aromatic N) is 2. The number of rotatable bonds is 4. The highest BCUT2D eigenvalue weighted by Gasteiger charge is 2.63. The molecule has 1 amide bonds. The maximum absolute atomic E-state index is 13.8. The maximum atomic E-state index is 13.8. The molecule has 0 spiro atoms. The van der Waals surface area contributed by atoms with E-state index in [4.69, 9.17) is 5.73 Å². The Balaban J connectivity index is 1.65. The first kappa shape index (κ1) is 26.4. The van der Waals surface area contributed by atoms with E-state index in [0.717, 1.165) is 18.4 Å². The SMILES string of the molecule is C[C@@H]1CC[C@@H](C)N1Cc1ccc(O)c2c1C[C@H]1C[C@H]3[C@H](N(C)C)C(O)=C(C(N)=O)C(=O)[C@@]3(O)C(O)=C1C2=O. The van der Waals surface area contributed by atoms with Crippen LogP contribution < -0.4 is 5.73 Å². The van der Waals surface area contributed by atoms with Crippen LogP contribution in [0.5, 0.6) is 5.75 Å². The molecule has 1 saturated heterocycles. The molecule has 6 atom stereocenters. The smallest absolute Gasteiger partial charge is 0.255 e. The van der Waals surface area contributed by atoms with Gasteiger partial charge in [-0.3, -0.25) is 24.2 Å². The molecule has 0 radical (unpaired) electrons. The van der Waals surface area contributed by atoms with Crippen LogP contribution >= 0.6 is 0 Å². The van der Waals surface area contributed by atoms with Gasteiger partial charge in [0.05, 0.1) is 11.6 Å². The molecule has 0 unspecified atom stereocenters. The standard InChI is InChI=1S/C28H35N3O7/c1-12-5-6-13(2)31(12)11-14-7-8-18(32)20-16(14)9-15-10-17-22(30(3)4)24(34)21(27(29)37)26(36)28(17,38)25(35)19(15)23(20)33/h7-8,12-13,15,17,22,32,34-35,38H,5-6,9-11H2,1-4H3,(H2,29,37)/t12-,13-,15+,17+,22+,28+/m1/s1. The summed E-state index contributed by atoms with van der Waals surface area (Å²) in [5.41, 5.74) is 3.46. The molecule has 0 aromatic heterocycles. The molecule has 0 saturated carbocycles. The Morgan fingerprint density at radius 2 is 1.76 bits per heavy atom. The number of hydrogen-bond acceptors (Lipinski definition) is 9. The van der Waals surface area contributed by atoms with Crippen LogP contribution in [-0.4, -0.2) is 85.5 Å². The Kier molecular flexibility index (Phi) is 6.20. The Bertz CT molecular complexity index is 1310. The Labute approximate surface area is 221 Å². The molecule has 10 nitrogen and oxygen atoms in total. The van der Waals surface area contributed by atoms with Crippen molar-refractivity contribution in [2.75, 3.05) is 14.1 Å². The van der Waals surface area contributed by atoms with Gasteiger partial charge in [-0.25, -0.2) is 0 Å². The van der Waals surface area contributed by atoms with Crippen molar-refractivity contribution in [3.8, 4) is 5.75 Å². The van der Waals surface area contributed by atoms with E-state index in [1.165, 1.54) is 6.07 Å². The number of allylic oxidation sites excluding steroid dienone is 1. The number of aromatic hydroxyl groups is 1. The summed E-state index contributed by atoms with van der Waals surface area (Å²) in [7, 11) is 3.23. The largest absolute Gasteiger partial charge is 0.510 e. The van der Waals surface area contributed by atoms with Gasteiger partial charge in [-0.1, -0.05) is 6.07 Å². The normalized spacial score (nSPS) is 33.5. The summed E-state index contributed by atoms with van der Waals surface area (Å²) in [6, 6.07) is 3.04. The minimum absolute atomic E-state index is 0.0581. The number of phenols is 1. The van der Waals surface area contributed by atoms with Gasteiger partial charge in [0.1, 0.15) is 22.8 Å². The molecule has 0 bridgehead atoms. The van der Waals surface area contributed by atoms with Gasteiger partial charge in [0.2, 0.25) is 5.78 Å². The Morgan fingerprint density at radius 3 is 2.34 bits per heavy atom. The summed E-state index contributed by atoms with van der Waals surface area (Å²) >= 11 is 0. The number of Topliss-reactive ketones (excluding diaryl/α,β-unsaturated/α-hetero) is 2. The van der Waals surface area contributed by atoms with E-state index in [-0.39, 0.29) is 23.3 Å². The van der Waals surface area contributed by atoms with E-state index < -0.39 is 58.0 Å². The molecule has 1 aliphatic heterocycles. The number of primary amides is 1. The number of fused-ring (bicyclic) bond motifs is 3. The number of aliphatic hydroxyl groups excluding tert-OH is 2. The molecule has 204 valence electrons. The lowest BCUT2D eigenvalue weighted by molar-refractivity contribution is -0.148. The van der Waals surface area contributed by atoms with E-state index in [0.29, 0.717) is 30.6 Å². The number of nitrogens with two attached hydrogens (primary N) is 1. The molecule has 1 fully saturated rings. The van der Waals surface area contributed by atoms with Crippen LogP contribution in [-0.2, 0) is 22.6 Å². The molecule has 10 heteroatoms. The van der Waals surface area contributed by atoms with Crippen LogP contribution in [0.1, 0.15) is 54.6 Å². The fourth-order valence-electron chi connectivity index (χ4n) is 7.22. The van der Waals surface area contributed by atoms with Gasteiger partial charge in [0.15, 0.2) is 11.4 Å². The number of carbonyl (C=O) groups excluding carboxylic acids is 3. The molecular weight excluding hydrogens is 490 g/mol. The Morgan fingerprint density at radius 1 is 1.13 bits per heavy atom. The lowest BCUT2D eigenvalue weighted by Gasteiger charge is -2.50. The van der Waals surface area contributed by atoms with Crippen molar-refractivity contribution < 1.29 is 34.8 Å². The lowest BCUT2D eigenvalue weighted by atomic mass is 9.58. The fourth-order valence-corrected chi connectivity index (χ4v) is 7.22. The fraction of sp³-hybridized carbons (Fsp3) is 0.536. The van der Waals surface area contributed by atoms with Gasteiger partial charge < -0.3 is 26.2 Å². The maximum Gasteiger partial charge on any atom is 0.255 e. The number of amides is 1. The lowest BCUT2D eigenvalue weighted by Crippen LogP contribution is -2.63. The van der Waals surface area contributed by atoms with E-state index in [2.05, 4.69) is 18.7 Å². The summed E-state index contributed by atoms with van der Waals surface area (Å²) in [6.45, 7) is 4.95. The minimum Gasteiger partial charge on any atom is -0.510 e. The van der Waals surface area contributed by atoms with E-state index in [9.17, 15) is 34.8 Å². The topological polar surface area (TPSA) is 165 Å². The highest BCUT2D eigenvalue weighted by Crippen LogP contribution is 2.52. The van der Waals surface area contributed by atoms with E-state index in [1.54, 1.807) is 19.0 Å². The molecule has 6 N–H and O–H groups in total.